The van der Waals surface area contributed by atoms with Gasteiger partial charge in [-0.05, 0) is 83.5 Å². The van der Waals surface area contributed by atoms with Gasteiger partial charge in [-0.2, -0.15) is 0 Å². The summed E-state index contributed by atoms with van der Waals surface area (Å²) < 4.78 is 16.7. The van der Waals surface area contributed by atoms with E-state index in [-0.39, 0.29) is 37.5 Å². The highest BCUT2D eigenvalue weighted by molar-refractivity contribution is 5.71. The van der Waals surface area contributed by atoms with Gasteiger partial charge in [0.05, 0.1) is 0 Å². The highest BCUT2D eigenvalue weighted by Crippen LogP contribution is 2.13. The number of carbonyl (C=O) groups is 3. The van der Waals surface area contributed by atoms with Crippen LogP contribution >= 0.6 is 0 Å². The van der Waals surface area contributed by atoms with Crippen molar-refractivity contribution < 1.29 is 28.6 Å². The van der Waals surface area contributed by atoms with E-state index in [4.69, 9.17) is 14.2 Å². The average molecular weight is 885 g/mol. The van der Waals surface area contributed by atoms with Crippen LogP contribution in [0.15, 0.2) is 122 Å². The quantitative estimate of drug-likeness (QED) is 0.0199. The number of esters is 3. The molecule has 0 amide bonds. The Morgan fingerprint density at radius 2 is 0.625 bits per heavy atom. The van der Waals surface area contributed by atoms with E-state index in [9.17, 15) is 14.4 Å². The molecule has 0 aliphatic heterocycles. The molecule has 0 aromatic heterocycles. The van der Waals surface area contributed by atoms with Crippen LogP contribution in [0.2, 0.25) is 0 Å². The van der Waals surface area contributed by atoms with Crippen molar-refractivity contribution in [3.05, 3.63) is 122 Å². The minimum atomic E-state index is -0.823. The third-order valence-electron chi connectivity index (χ3n) is 10.4. The molecule has 0 fully saturated rings. The van der Waals surface area contributed by atoms with Crippen molar-refractivity contribution in [3.8, 4) is 0 Å². The Labute approximate surface area is 392 Å². The Morgan fingerprint density at radius 1 is 0.328 bits per heavy atom. The molecule has 0 rings (SSSR count). The summed E-state index contributed by atoms with van der Waals surface area (Å²) in [6, 6.07) is 0. The second-order valence-electron chi connectivity index (χ2n) is 16.5. The molecule has 0 aliphatic carbocycles. The topological polar surface area (TPSA) is 78.9 Å². The molecule has 6 nitrogen and oxygen atoms in total. The van der Waals surface area contributed by atoms with Crippen LogP contribution in [-0.2, 0) is 28.6 Å². The minimum Gasteiger partial charge on any atom is -0.462 e. The average Bonchev–Trinajstić information content (AvgIpc) is 3.29. The third-order valence-corrected chi connectivity index (χ3v) is 10.4. The van der Waals surface area contributed by atoms with Gasteiger partial charge in [0.25, 0.3) is 0 Å². The first-order valence-corrected chi connectivity index (χ1v) is 25.7. The van der Waals surface area contributed by atoms with Crippen molar-refractivity contribution in [2.24, 2.45) is 0 Å². The zero-order valence-electron chi connectivity index (χ0n) is 41.0. The molecular weight excluding hydrogens is 793 g/mol. The molecule has 6 heteroatoms. The van der Waals surface area contributed by atoms with Gasteiger partial charge in [0.15, 0.2) is 6.10 Å². The lowest BCUT2D eigenvalue weighted by Gasteiger charge is -2.18. The number of allylic oxidation sites excluding steroid dienone is 20. The number of rotatable bonds is 44. The smallest absolute Gasteiger partial charge is 0.306 e. The van der Waals surface area contributed by atoms with Crippen LogP contribution in [0.5, 0.6) is 0 Å². The summed E-state index contributed by atoms with van der Waals surface area (Å²) in [5, 5.41) is 0. The maximum Gasteiger partial charge on any atom is 0.306 e. The Morgan fingerprint density at radius 3 is 1.02 bits per heavy atom. The standard InChI is InChI=1S/C58H92O6/c1-4-7-10-13-16-19-22-25-27-28-29-31-33-36-39-42-45-48-51-57(60)63-54-55(53-62-56(59)50-47-44-41-38-35-32-24-21-18-15-12-9-6-3)64-58(61)52-49-46-43-40-37-34-30-26-23-20-17-14-11-8-5-2/h8-9,11-12,14-15,17-18,20-21,23-24,26,29-32,34-35,37,55H,4-7,10,13,16,19,22,25,27-28,33,36,38-54H2,1-3H3/b11-8+,12-9+,17-14+,18-15+,23-20+,24-21+,30-26+,31-29+,35-32+,37-34+. The van der Waals surface area contributed by atoms with E-state index < -0.39 is 6.10 Å². The zero-order chi connectivity index (χ0) is 46.5. The van der Waals surface area contributed by atoms with Gasteiger partial charge in [-0.15, -0.1) is 0 Å². The van der Waals surface area contributed by atoms with E-state index in [2.05, 4.69) is 57.2 Å². The largest absolute Gasteiger partial charge is 0.462 e. The molecular formula is C58H92O6. The van der Waals surface area contributed by atoms with Gasteiger partial charge in [-0.1, -0.05) is 226 Å². The van der Waals surface area contributed by atoms with Gasteiger partial charge >= 0.3 is 17.9 Å². The van der Waals surface area contributed by atoms with Crippen LogP contribution in [0.4, 0.5) is 0 Å². The lowest BCUT2D eigenvalue weighted by molar-refractivity contribution is -0.167. The Hall–Kier alpha value is -4.19. The lowest BCUT2D eigenvalue weighted by Crippen LogP contribution is -2.30. The van der Waals surface area contributed by atoms with Crippen LogP contribution in [0.1, 0.15) is 207 Å². The molecule has 0 aromatic carbocycles. The maximum absolute atomic E-state index is 12.8. The van der Waals surface area contributed by atoms with E-state index in [0.717, 1.165) is 89.9 Å². The first-order chi connectivity index (χ1) is 31.5. The van der Waals surface area contributed by atoms with Crippen LogP contribution in [-0.4, -0.2) is 37.2 Å². The number of hydrogen-bond donors (Lipinski definition) is 0. The molecule has 0 heterocycles. The van der Waals surface area contributed by atoms with E-state index in [1.807, 2.05) is 85.1 Å². The zero-order valence-corrected chi connectivity index (χ0v) is 41.0. The van der Waals surface area contributed by atoms with Gasteiger partial charge in [0, 0.05) is 19.3 Å². The Kier molecular flexibility index (Phi) is 48.1. The van der Waals surface area contributed by atoms with Gasteiger partial charge in [-0.25, -0.2) is 0 Å². The summed E-state index contributed by atoms with van der Waals surface area (Å²) in [7, 11) is 0. The molecule has 0 aliphatic rings. The second-order valence-corrected chi connectivity index (χ2v) is 16.5. The van der Waals surface area contributed by atoms with E-state index >= 15 is 0 Å². The van der Waals surface area contributed by atoms with Crippen molar-refractivity contribution in [2.45, 2.75) is 213 Å². The van der Waals surface area contributed by atoms with Crippen molar-refractivity contribution in [2.75, 3.05) is 13.2 Å². The molecule has 0 spiro atoms. The Bertz CT molecular complexity index is 1390. The number of ether oxygens (including phenoxy) is 3. The Balaban J connectivity index is 4.52. The fraction of sp³-hybridized carbons (Fsp3) is 0.603. The molecule has 64 heavy (non-hydrogen) atoms. The number of unbranched alkanes of at least 4 members (excludes halogenated alkanes) is 20. The van der Waals surface area contributed by atoms with Crippen LogP contribution < -0.4 is 0 Å². The fourth-order valence-electron chi connectivity index (χ4n) is 6.58. The van der Waals surface area contributed by atoms with Crippen LogP contribution in [0.25, 0.3) is 0 Å². The summed E-state index contributed by atoms with van der Waals surface area (Å²) in [4.78, 5) is 38.0. The summed E-state index contributed by atoms with van der Waals surface area (Å²) in [6.45, 7) is 6.26. The second kappa shape index (κ2) is 51.4. The number of hydrogen-bond acceptors (Lipinski definition) is 6. The highest BCUT2D eigenvalue weighted by Gasteiger charge is 2.19. The summed E-state index contributed by atoms with van der Waals surface area (Å²) >= 11 is 0. The monoisotopic (exact) mass is 885 g/mol. The molecule has 0 N–H and O–H groups in total. The van der Waals surface area contributed by atoms with E-state index in [1.165, 1.54) is 70.6 Å². The van der Waals surface area contributed by atoms with Gasteiger partial charge in [0.2, 0.25) is 0 Å². The minimum absolute atomic E-state index is 0.116. The lowest BCUT2D eigenvalue weighted by atomic mass is 10.1. The van der Waals surface area contributed by atoms with E-state index in [0.29, 0.717) is 19.3 Å². The normalized spacial score (nSPS) is 13.1. The number of carbonyl (C=O) groups excluding carboxylic acids is 3. The predicted molar refractivity (Wildman–Crippen MR) is 274 cm³/mol. The van der Waals surface area contributed by atoms with Gasteiger partial charge in [0.1, 0.15) is 13.2 Å². The molecule has 0 bridgehead atoms. The molecule has 0 radical (unpaired) electrons. The first kappa shape index (κ1) is 59.8. The molecule has 0 aromatic rings. The summed E-state index contributed by atoms with van der Waals surface area (Å²) in [5.74, 6) is -1.01. The summed E-state index contributed by atoms with van der Waals surface area (Å²) in [6.07, 6.45) is 70.4. The molecule has 0 saturated carbocycles. The SMILES string of the molecule is CC/C=C/C=C/C=C/C=C/C=C/CCCCCC(=O)OC(COC(=O)CCCCC/C=C/C=C/C=C/C=C/CC)COC(=O)CCCCCCC/C=C/CCCCCCCCCCC. The van der Waals surface area contributed by atoms with Crippen molar-refractivity contribution in [1.82, 2.24) is 0 Å². The van der Waals surface area contributed by atoms with Crippen molar-refractivity contribution >= 4 is 17.9 Å². The van der Waals surface area contributed by atoms with Crippen molar-refractivity contribution in [3.63, 3.8) is 0 Å². The van der Waals surface area contributed by atoms with Gasteiger partial charge in [-0.3, -0.25) is 14.4 Å². The predicted octanol–water partition coefficient (Wildman–Crippen LogP) is 16.9. The molecule has 0 saturated heterocycles. The van der Waals surface area contributed by atoms with Gasteiger partial charge < -0.3 is 14.2 Å². The summed E-state index contributed by atoms with van der Waals surface area (Å²) in [5.41, 5.74) is 0. The fourth-order valence-corrected chi connectivity index (χ4v) is 6.58. The van der Waals surface area contributed by atoms with Crippen molar-refractivity contribution in [1.29, 1.82) is 0 Å². The van der Waals surface area contributed by atoms with Crippen LogP contribution in [0.3, 0.4) is 0 Å². The van der Waals surface area contributed by atoms with E-state index in [1.54, 1.807) is 0 Å². The molecule has 360 valence electrons. The molecule has 1 atom stereocenters. The van der Waals surface area contributed by atoms with Crippen LogP contribution in [0, 0.1) is 0 Å². The highest BCUT2D eigenvalue weighted by atomic mass is 16.6. The maximum atomic E-state index is 12.8. The third kappa shape index (κ3) is 48.8. The molecule has 1 unspecified atom stereocenters. The first-order valence-electron chi connectivity index (χ1n) is 25.7.